The fraction of sp³-hybridized carbons (Fsp3) is 0.500. The lowest BCUT2D eigenvalue weighted by Crippen LogP contribution is -2.55. The van der Waals surface area contributed by atoms with Gasteiger partial charge in [-0.3, -0.25) is 18.6 Å². The van der Waals surface area contributed by atoms with Gasteiger partial charge in [0.2, 0.25) is 11.8 Å². The van der Waals surface area contributed by atoms with Crippen molar-refractivity contribution in [2.75, 3.05) is 13.1 Å². The molecule has 6 unspecified atom stereocenters. The molecule has 6 rings (SSSR count). The van der Waals surface area contributed by atoms with E-state index < -0.39 is 50.1 Å². The maximum atomic E-state index is 14.1. The molecule has 48 heavy (non-hydrogen) atoms. The van der Waals surface area contributed by atoms with Crippen molar-refractivity contribution in [1.29, 1.82) is 10.5 Å². The van der Waals surface area contributed by atoms with Crippen LogP contribution in [0, 0.1) is 22.7 Å². The third-order valence-electron chi connectivity index (χ3n) is 9.32. The number of ether oxygens (including phenoxy) is 2. The fourth-order valence-corrected chi connectivity index (χ4v) is 9.92. The highest BCUT2D eigenvalue weighted by Crippen LogP contribution is 2.80. The van der Waals surface area contributed by atoms with Crippen LogP contribution in [0.4, 0.5) is 0 Å². The minimum Gasteiger partial charge on any atom is -0.485 e. The summed E-state index contributed by atoms with van der Waals surface area (Å²) in [5, 5.41) is 19.2. The molecule has 0 aliphatic carbocycles. The number of nitrogens with zero attached hydrogens (tertiary/aromatic N) is 4. The number of amides is 2. The molecule has 0 radical (unpaired) electrons. The monoisotopic (exact) mass is 698 g/mol. The normalized spacial score (nSPS) is 28.2. The topological polar surface area (TPSA) is 200 Å². The van der Waals surface area contributed by atoms with E-state index in [2.05, 4.69) is 0 Å². The number of nitriles is 2. The van der Waals surface area contributed by atoms with E-state index in [9.17, 15) is 39.0 Å². The smallest absolute Gasteiger partial charge is 0.439 e. The Hall–Kier alpha value is -3.74. The standard InChI is InChI=1S/C32H36N4O10P2/c1-31(2)29(27(35-13-5-7-25(35)37)21-15-19(17-33)9-11-23(21)43-31)45-47(39,40)48(41,42)46-30-28(36-14-6-8-26(36)38)22-16-20(18-34)10-12-24(22)44-32(30,3)4/h9-12,15-16,27-30H,5-8,13-14H2,1-4H3,(H,39,40)(H,41,42). The average molecular weight is 699 g/mol. The van der Waals surface area contributed by atoms with Gasteiger partial charge in [0.1, 0.15) is 34.9 Å². The van der Waals surface area contributed by atoms with Crippen LogP contribution in [0.1, 0.15) is 87.7 Å². The number of hydrogen-bond acceptors (Lipinski definition) is 10. The Morgan fingerprint density at radius 3 is 1.44 bits per heavy atom. The zero-order chi connectivity index (χ0) is 34.8. The number of benzene rings is 2. The van der Waals surface area contributed by atoms with Crippen LogP contribution in [0.15, 0.2) is 36.4 Å². The first-order valence-corrected chi connectivity index (χ1v) is 19.4. The molecule has 6 atom stereocenters. The Kier molecular flexibility index (Phi) is 8.53. The quantitative estimate of drug-likeness (QED) is 0.373. The molecule has 254 valence electrons. The predicted molar refractivity (Wildman–Crippen MR) is 169 cm³/mol. The van der Waals surface area contributed by atoms with Crippen LogP contribution in [-0.2, 0) is 27.8 Å². The summed E-state index contributed by atoms with van der Waals surface area (Å²) < 4.78 is 52.1. The number of hydrogen-bond donors (Lipinski definition) is 2. The first kappa shape index (κ1) is 34.1. The molecule has 4 aliphatic rings. The van der Waals surface area contributed by atoms with Crippen molar-refractivity contribution in [3.05, 3.63) is 58.7 Å². The van der Waals surface area contributed by atoms with Gasteiger partial charge >= 0.3 is 14.6 Å². The van der Waals surface area contributed by atoms with Gasteiger partial charge < -0.3 is 29.1 Å². The fourth-order valence-electron chi connectivity index (χ4n) is 7.03. The summed E-state index contributed by atoms with van der Waals surface area (Å²) in [6, 6.07) is 11.2. The molecular formula is C32H36N4O10P2. The van der Waals surface area contributed by atoms with Gasteiger partial charge in [-0.15, -0.1) is 0 Å². The van der Waals surface area contributed by atoms with Crippen LogP contribution in [0.3, 0.4) is 0 Å². The van der Waals surface area contributed by atoms with Crippen molar-refractivity contribution < 1.29 is 47.0 Å². The number of likely N-dealkylation sites (tertiary alicyclic amines) is 2. The van der Waals surface area contributed by atoms with E-state index in [0.717, 1.165) is 0 Å². The molecule has 2 fully saturated rings. The van der Waals surface area contributed by atoms with Gasteiger partial charge in [-0.1, -0.05) is 0 Å². The van der Waals surface area contributed by atoms with E-state index >= 15 is 0 Å². The number of carbonyl (C=O) groups excluding carboxylic acids is 2. The molecule has 2 aromatic carbocycles. The molecule has 0 bridgehead atoms. The average Bonchev–Trinajstić information content (AvgIpc) is 3.64. The van der Waals surface area contributed by atoms with Crippen molar-refractivity contribution >= 4 is 26.4 Å². The molecule has 2 aromatic rings. The van der Waals surface area contributed by atoms with E-state index in [-0.39, 0.29) is 48.9 Å². The Labute approximate surface area is 277 Å². The molecular weight excluding hydrogens is 662 g/mol. The van der Waals surface area contributed by atoms with Crippen molar-refractivity contribution in [1.82, 2.24) is 9.80 Å². The molecule has 4 aliphatic heterocycles. The molecule has 16 heteroatoms. The lowest BCUT2D eigenvalue weighted by molar-refractivity contribution is -0.139. The van der Waals surface area contributed by atoms with Gasteiger partial charge in [0.05, 0.1) is 35.3 Å². The van der Waals surface area contributed by atoms with Gasteiger partial charge in [0, 0.05) is 37.1 Å². The van der Waals surface area contributed by atoms with Crippen LogP contribution in [-0.4, -0.2) is 67.9 Å². The summed E-state index contributed by atoms with van der Waals surface area (Å²) >= 11 is 0. The highest BCUT2D eigenvalue weighted by molar-refractivity contribution is 8.26. The lowest BCUT2D eigenvalue weighted by Gasteiger charge is -2.49. The predicted octanol–water partition coefficient (Wildman–Crippen LogP) is 4.86. The largest absolute Gasteiger partial charge is 0.485 e. The highest BCUT2D eigenvalue weighted by Gasteiger charge is 2.60. The molecule has 14 nitrogen and oxygen atoms in total. The Balaban J connectivity index is 1.39. The van der Waals surface area contributed by atoms with Gasteiger partial charge in [0.15, 0.2) is 0 Å². The molecule has 4 heterocycles. The second-order valence-corrected chi connectivity index (χ2v) is 18.9. The number of rotatable bonds is 7. The summed E-state index contributed by atoms with van der Waals surface area (Å²) in [4.78, 5) is 51.9. The van der Waals surface area contributed by atoms with Crippen molar-refractivity contribution in [3.63, 3.8) is 0 Å². The Bertz CT molecular complexity index is 1730. The van der Waals surface area contributed by atoms with E-state index in [1.807, 2.05) is 12.1 Å². The second kappa shape index (κ2) is 12.0. The van der Waals surface area contributed by atoms with E-state index in [1.165, 1.54) is 21.9 Å². The van der Waals surface area contributed by atoms with E-state index in [0.29, 0.717) is 35.5 Å². The van der Waals surface area contributed by atoms with Crippen LogP contribution in [0.2, 0.25) is 0 Å². The molecule has 0 aromatic heterocycles. The molecule has 0 saturated carbocycles. The third kappa shape index (κ3) is 5.81. The van der Waals surface area contributed by atoms with Crippen LogP contribution in [0.25, 0.3) is 0 Å². The zero-order valence-electron chi connectivity index (χ0n) is 26.9. The lowest BCUT2D eigenvalue weighted by atomic mass is 9.85. The summed E-state index contributed by atoms with van der Waals surface area (Å²) in [7, 11) is -11.3. The van der Waals surface area contributed by atoms with E-state index in [4.69, 9.17) is 18.5 Å². The minimum atomic E-state index is -5.67. The molecule has 0 spiro atoms. The first-order valence-electron chi connectivity index (χ1n) is 15.6. The maximum absolute atomic E-state index is 14.1. The summed E-state index contributed by atoms with van der Waals surface area (Å²) in [6.45, 7) is 6.81. The summed E-state index contributed by atoms with van der Waals surface area (Å²) in [5.41, 5.74) is -1.65. The van der Waals surface area contributed by atoms with Crippen LogP contribution in [0.5, 0.6) is 11.5 Å². The van der Waals surface area contributed by atoms with Gasteiger partial charge in [0.25, 0.3) is 0 Å². The zero-order valence-corrected chi connectivity index (χ0v) is 28.6. The Morgan fingerprint density at radius 1 is 0.750 bits per heavy atom. The maximum Gasteiger partial charge on any atom is 0.439 e. The first-order chi connectivity index (χ1) is 22.5. The van der Waals surface area contributed by atoms with Gasteiger partial charge in [-0.05, 0) is 76.9 Å². The van der Waals surface area contributed by atoms with Crippen LogP contribution < -0.4 is 9.47 Å². The summed E-state index contributed by atoms with van der Waals surface area (Å²) in [5.74, 6) is 0.139. The summed E-state index contributed by atoms with van der Waals surface area (Å²) in [6.07, 6.45) is -1.47. The van der Waals surface area contributed by atoms with E-state index in [1.54, 1.807) is 52.0 Å². The molecule has 2 amide bonds. The second-order valence-electron chi connectivity index (χ2n) is 13.4. The van der Waals surface area contributed by atoms with Crippen molar-refractivity contribution in [3.8, 4) is 23.6 Å². The number of carbonyl (C=O) groups is 2. The number of fused-ring (bicyclic) bond motifs is 2. The van der Waals surface area contributed by atoms with Gasteiger partial charge in [-0.2, -0.15) is 10.5 Å². The molecule has 2 saturated heterocycles. The van der Waals surface area contributed by atoms with Crippen molar-refractivity contribution in [2.45, 2.75) is 88.9 Å². The minimum absolute atomic E-state index is 0.221. The molecule has 2 N–H and O–H groups in total. The Morgan fingerprint density at radius 2 is 1.12 bits per heavy atom. The van der Waals surface area contributed by atoms with Crippen LogP contribution >= 0.6 is 14.6 Å². The SMILES string of the molecule is CC1(C)Oc2ccc(C#N)cc2C(N2CCCC2=O)C1OP(=O)(O)P(=O)(O)OC1C(N2CCCC2=O)c2cc(C#N)ccc2OC1(C)C. The third-order valence-corrected chi connectivity index (χ3v) is 13.4. The van der Waals surface area contributed by atoms with Crippen molar-refractivity contribution in [2.24, 2.45) is 0 Å². The highest BCUT2D eigenvalue weighted by atomic mass is 32.1. The van der Waals surface area contributed by atoms with Gasteiger partial charge in [-0.25, -0.2) is 9.13 Å².